The van der Waals surface area contributed by atoms with Crippen LogP contribution in [0.4, 0.5) is 0 Å². The van der Waals surface area contributed by atoms with Gasteiger partial charge in [0.25, 0.3) is 0 Å². The van der Waals surface area contributed by atoms with Crippen LogP contribution >= 0.6 is 0 Å². The van der Waals surface area contributed by atoms with Crippen LogP contribution in [0.15, 0.2) is 134 Å². The fraction of sp³-hybridized carbons (Fsp3) is 0.689. The average Bonchev–Trinajstić information content (AvgIpc) is 3.61. The van der Waals surface area contributed by atoms with Gasteiger partial charge in [0.15, 0.2) is 6.29 Å². The second-order valence-electron chi connectivity index (χ2n) is 22.9. The summed E-state index contributed by atoms with van der Waals surface area (Å²) in [6.45, 7) is 3.66. The predicted molar refractivity (Wildman–Crippen MR) is 354 cm³/mol. The molecule has 1 saturated heterocycles. The maximum atomic E-state index is 13.1. The van der Waals surface area contributed by atoms with E-state index in [1.807, 2.05) is 6.08 Å². The highest BCUT2D eigenvalue weighted by atomic mass is 16.7. The van der Waals surface area contributed by atoms with Crippen LogP contribution in [-0.2, 0) is 14.3 Å². The van der Waals surface area contributed by atoms with Crippen molar-refractivity contribution in [3.63, 3.8) is 0 Å². The number of amides is 1. The highest BCUT2D eigenvalue weighted by Crippen LogP contribution is 2.23. The van der Waals surface area contributed by atoms with E-state index in [4.69, 9.17) is 9.47 Å². The van der Waals surface area contributed by atoms with Crippen LogP contribution in [0.25, 0.3) is 0 Å². The number of ether oxygens (including phenoxy) is 2. The highest BCUT2D eigenvalue weighted by molar-refractivity contribution is 5.76. The minimum atomic E-state index is -1.58. The van der Waals surface area contributed by atoms with E-state index in [9.17, 15) is 30.3 Å². The fourth-order valence-electron chi connectivity index (χ4n) is 9.95. The van der Waals surface area contributed by atoms with Gasteiger partial charge in [-0.3, -0.25) is 4.79 Å². The van der Waals surface area contributed by atoms with Crippen molar-refractivity contribution in [3.8, 4) is 0 Å². The third kappa shape index (κ3) is 50.2. The lowest BCUT2D eigenvalue weighted by atomic mass is 9.99. The Balaban J connectivity index is 2.23. The molecular formula is C74H125NO8. The van der Waals surface area contributed by atoms with Crippen molar-refractivity contribution in [2.75, 3.05) is 13.2 Å². The van der Waals surface area contributed by atoms with Crippen molar-refractivity contribution in [1.82, 2.24) is 5.32 Å². The maximum Gasteiger partial charge on any atom is 0.220 e. The van der Waals surface area contributed by atoms with E-state index in [-0.39, 0.29) is 18.9 Å². The predicted octanol–water partition coefficient (Wildman–Crippen LogP) is 18.4. The molecule has 0 aliphatic carbocycles. The molecular weight excluding hydrogens is 1030 g/mol. The molecule has 9 nitrogen and oxygen atoms in total. The van der Waals surface area contributed by atoms with Gasteiger partial charge in [-0.1, -0.05) is 302 Å². The first-order chi connectivity index (χ1) is 40.8. The number of allylic oxidation sites excluding steroid dienone is 21. The molecule has 0 aromatic rings. The van der Waals surface area contributed by atoms with E-state index in [2.05, 4.69) is 141 Å². The van der Waals surface area contributed by atoms with Crippen molar-refractivity contribution >= 4 is 5.91 Å². The van der Waals surface area contributed by atoms with Gasteiger partial charge in [-0.05, 0) is 96.3 Å². The second-order valence-corrected chi connectivity index (χ2v) is 22.9. The summed E-state index contributed by atoms with van der Waals surface area (Å²) in [6.07, 6.45) is 86.8. The number of rotatable bonds is 57. The summed E-state index contributed by atoms with van der Waals surface area (Å²) in [5.41, 5.74) is 0. The van der Waals surface area contributed by atoms with Gasteiger partial charge in [0.2, 0.25) is 5.91 Å². The molecule has 0 bridgehead atoms. The largest absolute Gasteiger partial charge is 0.394 e. The number of hydrogen-bond donors (Lipinski definition) is 6. The molecule has 0 spiro atoms. The lowest BCUT2D eigenvalue weighted by molar-refractivity contribution is -0.302. The van der Waals surface area contributed by atoms with Gasteiger partial charge in [0, 0.05) is 6.42 Å². The fourth-order valence-corrected chi connectivity index (χ4v) is 9.95. The normalized spacial score (nSPS) is 19.1. The number of carbonyl (C=O) groups is 1. The molecule has 474 valence electrons. The van der Waals surface area contributed by atoms with E-state index in [0.717, 1.165) is 96.3 Å². The standard InChI is InChI=1S/C74H125NO8/c1-3-5-7-9-11-13-15-17-19-21-23-25-27-29-31-32-33-34-35-36-38-40-42-44-46-48-50-52-54-56-58-60-62-64-70(78)75-67(66-82-74-73(81)72(80)71(79)69(65-76)83-74)68(77)63-61-59-57-55-53-51-49-47-45-43-41-39-37-30-28-26-24-22-20-18-16-14-12-10-8-6-4-2/h5,7,11,13,17,19,23,25,29,31,33-34,36,38,42,44,48,50,54,56,61,63,67-69,71-74,76-77,79-81H,3-4,6,8-10,12,14-16,18,20-22,24,26-28,30,32,35,37,39-41,43,45-47,49,51-53,55,57-60,62,64-66H2,1-2H3,(H,75,78)/b7-5-,13-11-,19-17-,25-23-,31-29-,34-33-,38-36-,44-42-,50-48-,56-54-,63-61+. The lowest BCUT2D eigenvalue weighted by Crippen LogP contribution is -2.60. The van der Waals surface area contributed by atoms with E-state index < -0.39 is 49.5 Å². The Morgan fingerprint density at radius 3 is 1.11 bits per heavy atom. The Kier molecular flexibility index (Phi) is 57.2. The number of unbranched alkanes of at least 4 members (excludes halogenated alkanes) is 27. The third-order valence-corrected chi connectivity index (χ3v) is 15.2. The Morgan fingerprint density at radius 2 is 0.747 bits per heavy atom. The van der Waals surface area contributed by atoms with Gasteiger partial charge < -0.3 is 40.3 Å². The van der Waals surface area contributed by atoms with Gasteiger partial charge in [-0.2, -0.15) is 0 Å². The van der Waals surface area contributed by atoms with Gasteiger partial charge in [-0.25, -0.2) is 0 Å². The number of aliphatic hydroxyl groups is 5. The summed E-state index contributed by atoms with van der Waals surface area (Å²) in [6, 6.07) is -0.841. The van der Waals surface area contributed by atoms with Crippen molar-refractivity contribution in [1.29, 1.82) is 0 Å². The quantitative estimate of drug-likeness (QED) is 0.0261. The number of aliphatic hydroxyl groups excluding tert-OH is 5. The number of carbonyl (C=O) groups excluding carboxylic acids is 1. The maximum absolute atomic E-state index is 13.1. The number of hydrogen-bond acceptors (Lipinski definition) is 8. The summed E-state index contributed by atoms with van der Waals surface area (Å²) in [5, 5.41) is 54.7. The second kappa shape index (κ2) is 61.4. The molecule has 9 heteroatoms. The Labute approximate surface area is 509 Å². The molecule has 7 unspecified atom stereocenters. The van der Waals surface area contributed by atoms with Crippen LogP contribution in [0, 0.1) is 0 Å². The van der Waals surface area contributed by atoms with E-state index >= 15 is 0 Å². The van der Waals surface area contributed by atoms with Gasteiger partial charge in [0.05, 0.1) is 25.4 Å². The molecule has 1 heterocycles. The SMILES string of the molecule is CC/C=C\C/C=C\C/C=C\C/C=C\C/C=C\C/C=C\C/C=C\C/C=C\C/C=C\C/C=C\CCCCC(=O)NC(COC1OC(CO)C(O)C(O)C1O)C(O)/C=C/CCCCCCCCCCCCCCCCCCCCCCCCCCC. The minimum Gasteiger partial charge on any atom is -0.394 e. The van der Waals surface area contributed by atoms with Crippen LogP contribution in [0.5, 0.6) is 0 Å². The summed E-state index contributed by atoms with van der Waals surface area (Å²) >= 11 is 0. The van der Waals surface area contributed by atoms with E-state index in [1.165, 1.54) is 148 Å². The first kappa shape index (κ1) is 77.3. The average molecular weight is 1160 g/mol. The van der Waals surface area contributed by atoms with Crippen LogP contribution in [-0.4, -0.2) is 87.5 Å². The van der Waals surface area contributed by atoms with Crippen LogP contribution in [0.2, 0.25) is 0 Å². The first-order valence-corrected chi connectivity index (χ1v) is 33.9. The summed E-state index contributed by atoms with van der Waals surface area (Å²) in [4.78, 5) is 13.1. The van der Waals surface area contributed by atoms with Crippen molar-refractivity contribution in [2.45, 2.75) is 314 Å². The molecule has 1 aliphatic heterocycles. The zero-order chi connectivity index (χ0) is 60.0. The Morgan fingerprint density at radius 1 is 0.422 bits per heavy atom. The molecule has 0 saturated carbocycles. The van der Waals surface area contributed by atoms with E-state index in [0.29, 0.717) is 6.42 Å². The topological polar surface area (TPSA) is 149 Å². The van der Waals surface area contributed by atoms with Gasteiger partial charge in [0.1, 0.15) is 24.4 Å². The van der Waals surface area contributed by atoms with Crippen LogP contribution in [0.3, 0.4) is 0 Å². The van der Waals surface area contributed by atoms with Gasteiger partial charge >= 0.3 is 0 Å². The molecule has 1 aliphatic rings. The zero-order valence-corrected chi connectivity index (χ0v) is 52.9. The molecule has 1 amide bonds. The summed E-state index contributed by atoms with van der Waals surface area (Å²) in [7, 11) is 0. The van der Waals surface area contributed by atoms with Crippen LogP contribution in [0.1, 0.15) is 271 Å². The van der Waals surface area contributed by atoms with Crippen molar-refractivity contribution in [2.24, 2.45) is 0 Å². The summed E-state index contributed by atoms with van der Waals surface area (Å²) < 4.78 is 11.3. The summed E-state index contributed by atoms with van der Waals surface area (Å²) in [5.74, 6) is -0.222. The third-order valence-electron chi connectivity index (χ3n) is 15.2. The van der Waals surface area contributed by atoms with Crippen molar-refractivity contribution < 1.29 is 39.8 Å². The molecule has 7 atom stereocenters. The first-order valence-electron chi connectivity index (χ1n) is 33.9. The molecule has 1 rings (SSSR count). The molecule has 6 N–H and O–H groups in total. The number of nitrogens with one attached hydrogen (secondary N) is 1. The highest BCUT2D eigenvalue weighted by Gasteiger charge is 2.44. The van der Waals surface area contributed by atoms with Crippen LogP contribution < -0.4 is 5.32 Å². The lowest BCUT2D eigenvalue weighted by Gasteiger charge is -2.40. The molecule has 0 aromatic heterocycles. The monoisotopic (exact) mass is 1160 g/mol. The molecule has 0 radical (unpaired) electrons. The molecule has 0 aromatic carbocycles. The van der Waals surface area contributed by atoms with Gasteiger partial charge in [-0.15, -0.1) is 0 Å². The van der Waals surface area contributed by atoms with Crippen molar-refractivity contribution in [3.05, 3.63) is 134 Å². The van der Waals surface area contributed by atoms with E-state index in [1.54, 1.807) is 6.08 Å². The minimum absolute atomic E-state index is 0.214. The Hall–Kier alpha value is -3.67. The smallest absolute Gasteiger partial charge is 0.220 e. The Bertz CT molecular complexity index is 1770. The molecule has 1 fully saturated rings. The zero-order valence-electron chi connectivity index (χ0n) is 52.9. The molecule has 83 heavy (non-hydrogen) atoms.